The van der Waals surface area contributed by atoms with Gasteiger partial charge in [-0.05, 0) is 47.5 Å². The van der Waals surface area contributed by atoms with Gasteiger partial charge in [-0.2, -0.15) is 0 Å². The van der Waals surface area contributed by atoms with E-state index in [1.54, 1.807) is 0 Å². The second kappa shape index (κ2) is 12.9. The first-order valence-electron chi connectivity index (χ1n) is 11.2. The highest BCUT2D eigenvalue weighted by Gasteiger charge is 2.16. The van der Waals surface area contributed by atoms with Crippen LogP contribution >= 0.6 is 0 Å². The molecule has 0 unspecified atom stereocenters. The molecule has 0 saturated heterocycles. The smallest absolute Gasteiger partial charge is 0.338 e. The molecule has 10 heteroatoms. The number of ether oxygens (including phenoxy) is 6. The first kappa shape index (κ1) is 27.7. The van der Waals surface area contributed by atoms with Crippen molar-refractivity contribution in [3.63, 3.8) is 0 Å². The Kier molecular flexibility index (Phi) is 9.42. The molecule has 3 aromatic carbocycles. The van der Waals surface area contributed by atoms with Gasteiger partial charge in [0.25, 0.3) is 0 Å². The third-order valence-electron chi connectivity index (χ3n) is 5.33. The fourth-order valence-electron chi connectivity index (χ4n) is 3.37. The Balaban J connectivity index is 1.68. The molecule has 0 saturated carbocycles. The fraction of sp³-hybridized carbons (Fsp3) is 0.214. The van der Waals surface area contributed by atoms with Crippen molar-refractivity contribution < 1.29 is 47.6 Å². The number of carbonyl (C=O) groups excluding carboxylic acids is 4. The molecular weight excluding hydrogens is 496 g/mol. The predicted molar refractivity (Wildman–Crippen MR) is 133 cm³/mol. The summed E-state index contributed by atoms with van der Waals surface area (Å²) in [5.74, 6) is -1.84. The second-order valence-corrected chi connectivity index (χ2v) is 7.85. The third kappa shape index (κ3) is 7.10. The van der Waals surface area contributed by atoms with Gasteiger partial charge < -0.3 is 28.4 Å². The van der Waals surface area contributed by atoms with Crippen LogP contribution in [0.4, 0.5) is 0 Å². The summed E-state index contributed by atoms with van der Waals surface area (Å²) in [6.45, 7) is 0.325. The molecule has 0 heterocycles. The van der Waals surface area contributed by atoms with Gasteiger partial charge in [0.2, 0.25) is 0 Å². The Morgan fingerprint density at radius 1 is 0.474 bits per heavy atom. The molecule has 0 aliphatic heterocycles. The minimum Gasteiger partial charge on any atom is -0.489 e. The van der Waals surface area contributed by atoms with E-state index in [0.29, 0.717) is 11.5 Å². The largest absolute Gasteiger partial charge is 0.489 e. The van der Waals surface area contributed by atoms with Crippen LogP contribution in [0.3, 0.4) is 0 Å². The number of benzene rings is 3. The van der Waals surface area contributed by atoms with Crippen LogP contribution in [0.1, 0.15) is 52.6 Å². The van der Waals surface area contributed by atoms with E-state index in [-0.39, 0.29) is 35.5 Å². The first-order valence-corrected chi connectivity index (χ1v) is 11.2. The number of hydrogen-bond acceptors (Lipinski definition) is 10. The van der Waals surface area contributed by atoms with E-state index < -0.39 is 23.9 Å². The SMILES string of the molecule is COC(=O)c1cc(OCc2ccc(COc3cc(C(=O)OC)cc(C(=O)OC)c3)cc2)cc(C(=O)OC)c1. The zero-order valence-electron chi connectivity index (χ0n) is 21.3. The Labute approximate surface area is 219 Å². The van der Waals surface area contributed by atoms with E-state index in [9.17, 15) is 19.2 Å². The maximum Gasteiger partial charge on any atom is 0.338 e. The monoisotopic (exact) mass is 522 g/mol. The summed E-state index contributed by atoms with van der Waals surface area (Å²) < 4.78 is 30.5. The lowest BCUT2D eigenvalue weighted by atomic mass is 10.1. The van der Waals surface area contributed by atoms with Gasteiger partial charge in [0.1, 0.15) is 24.7 Å². The average molecular weight is 523 g/mol. The van der Waals surface area contributed by atoms with Crippen molar-refractivity contribution in [1.82, 2.24) is 0 Å². The summed E-state index contributed by atoms with van der Waals surface area (Å²) in [6, 6.07) is 16.0. The molecule has 0 fully saturated rings. The molecule has 38 heavy (non-hydrogen) atoms. The van der Waals surface area contributed by atoms with Crippen molar-refractivity contribution >= 4 is 23.9 Å². The molecule has 0 aliphatic carbocycles. The maximum atomic E-state index is 12.0. The molecule has 0 radical (unpaired) electrons. The summed E-state index contributed by atoms with van der Waals surface area (Å²) in [5, 5.41) is 0. The van der Waals surface area contributed by atoms with Crippen molar-refractivity contribution in [2.75, 3.05) is 28.4 Å². The average Bonchev–Trinajstić information content (AvgIpc) is 2.97. The highest BCUT2D eigenvalue weighted by atomic mass is 16.5. The molecule has 0 amide bonds. The van der Waals surface area contributed by atoms with Gasteiger partial charge in [0, 0.05) is 0 Å². The molecule has 3 aromatic rings. The minimum absolute atomic E-state index is 0.157. The highest BCUT2D eigenvalue weighted by molar-refractivity contribution is 5.96. The van der Waals surface area contributed by atoms with Gasteiger partial charge in [-0.3, -0.25) is 0 Å². The van der Waals surface area contributed by atoms with Gasteiger partial charge in [0.05, 0.1) is 50.7 Å². The zero-order chi connectivity index (χ0) is 27.7. The van der Waals surface area contributed by atoms with E-state index in [0.717, 1.165) is 11.1 Å². The van der Waals surface area contributed by atoms with Gasteiger partial charge >= 0.3 is 23.9 Å². The fourth-order valence-corrected chi connectivity index (χ4v) is 3.37. The lowest BCUT2D eigenvalue weighted by Gasteiger charge is -2.12. The Morgan fingerprint density at radius 3 is 0.974 bits per heavy atom. The lowest BCUT2D eigenvalue weighted by molar-refractivity contribution is 0.0580. The van der Waals surface area contributed by atoms with Crippen LogP contribution in [0.15, 0.2) is 60.7 Å². The van der Waals surface area contributed by atoms with Crippen LogP contribution < -0.4 is 9.47 Å². The maximum absolute atomic E-state index is 12.0. The molecule has 0 spiro atoms. The number of carbonyl (C=O) groups is 4. The second-order valence-electron chi connectivity index (χ2n) is 7.85. The summed E-state index contributed by atoms with van der Waals surface area (Å²) in [5.41, 5.74) is 2.26. The van der Waals surface area contributed by atoms with Crippen LogP contribution in [0.25, 0.3) is 0 Å². The normalized spacial score (nSPS) is 10.2. The van der Waals surface area contributed by atoms with Gasteiger partial charge in [0.15, 0.2) is 0 Å². The van der Waals surface area contributed by atoms with Crippen molar-refractivity contribution in [2.45, 2.75) is 13.2 Å². The summed E-state index contributed by atoms with van der Waals surface area (Å²) in [7, 11) is 4.97. The number of hydrogen-bond donors (Lipinski definition) is 0. The molecule has 0 aromatic heterocycles. The Morgan fingerprint density at radius 2 is 0.737 bits per heavy atom. The number of rotatable bonds is 10. The predicted octanol–water partition coefficient (Wildman–Crippen LogP) is 3.99. The summed E-state index contributed by atoms with van der Waals surface area (Å²) in [6.07, 6.45) is 0. The molecule has 0 N–H and O–H groups in total. The van der Waals surface area contributed by atoms with E-state index in [1.807, 2.05) is 24.3 Å². The van der Waals surface area contributed by atoms with Crippen LogP contribution in [0.5, 0.6) is 11.5 Å². The van der Waals surface area contributed by atoms with Crippen molar-refractivity contribution in [1.29, 1.82) is 0 Å². The van der Waals surface area contributed by atoms with E-state index in [2.05, 4.69) is 0 Å². The van der Waals surface area contributed by atoms with E-state index in [1.165, 1.54) is 64.8 Å². The Bertz CT molecular complexity index is 1160. The van der Waals surface area contributed by atoms with Crippen molar-refractivity contribution in [3.8, 4) is 11.5 Å². The van der Waals surface area contributed by atoms with E-state index in [4.69, 9.17) is 28.4 Å². The van der Waals surface area contributed by atoms with Gasteiger partial charge in [-0.15, -0.1) is 0 Å². The van der Waals surface area contributed by atoms with Gasteiger partial charge in [-0.25, -0.2) is 19.2 Å². The first-order chi connectivity index (χ1) is 18.3. The molecule has 0 bridgehead atoms. The molecule has 3 rings (SSSR count). The molecular formula is C28H26O10. The van der Waals surface area contributed by atoms with E-state index >= 15 is 0 Å². The highest BCUT2D eigenvalue weighted by Crippen LogP contribution is 2.22. The third-order valence-corrected chi connectivity index (χ3v) is 5.33. The molecule has 198 valence electrons. The van der Waals surface area contributed by atoms with Crippen molar-refractivity contribution in [2.24, 2.45) is 0 Å². The van der Waals surface area contributed by atoms with Crippen LogP contribution in [-0.2, 0) is 32.2 Å². The number of methoxy groups -OCH3 is 4. The lowest BCUT2D eigenvalue weighted by Crippen LogP contribution is -2.08. The van der Waals surface area contributed by atoms with Crippen molar-refractivity contribution in [3.05, 3.63) is 94.0 Å². The minimum atomic E-state index is -0.610. The van der Waals surface area contributed by atoms with Crippen LogP contribution in [0.2, 0.25) is 0 Å². The Hall–Kier alpha value is -4.86. The quantitative estimate of drug-likeness (QED) is 0.285. The van der Waals surface area contributed by atoms with Gasteiger partial charge in [-0.1, -0.05) is 24.3 Å². The van der Waals surface area contributed by atoms with Crippen LogP contribution in [-0.4, -0.2) is 52.3 Å². The summed E-state index contributed by atoms with van der Waals surface area (Å²) >= 11 is 0. The topological polar surface area (TPSA) is 124 Å². The molecule has 0 aliphatic rings. The van der Waals surface area contributed by atoms with Crippen LogP contribution in [0, 0.1) is 0 Å². The standard InChI is InChI=1S/C28H26O10/c1-33-25(29)19-9-20(26(30)34-2)12-23(11-19)37-15-17-5-7-18(8-6-17)16-38-24-13-21(27(31)35-3)10-22(14-24)28(32)36-4/h5-14H,15-16H2,1-4H3. The molecule has 10 nitrogen and oxygen atoms in total. The molecule has 0 atom stereocenters. The summed E-state index contributed by atoms with van der Waals surface area (Å²) in [4.78, 5) is 47.8. The number of esters is 4. The zero-order valence-corrected chi connectivity index (χ0v) is 21.3.